The molecule has 14 heteroatoms. The lowest BCUT2D eigenvalue weighted by molar-refractivity contribution is -0.220. The van der Waals surface area contributed by atoms with Gasteiger partial charge in [-0.2, -0.15) is 0 Å². The molecule has 8 atom stereocenters. The normalized spacial score (nSPS) is 23.0. The maximum absolute atomic E-state index is 13.0. The number of carbonyl (C=O) groups is 1. The molecule has 64 heavy (non-hydrogen) atoms. The number of aliphatic hydroxyl groups excluding tert-OH is 7. The van der Waals surface area contributed by atoms with Gasteiger partial charge in [-0.05, 0) is 57.8 Å². The fourth-order valence-electron chi connectivity index (χ4n) is 8.02. The summed E-state index contributed by atoms with van der Waals surface area (Å²) in [6.07, 6.45) is 32.3. The van der Waals surface area contributed by atoms with Crippen LogP contribution in [0.15, 0.2) is 36.5 Å². The van der Waals surface area contributed by atoms with E-state index in [1.54, 1.807) is 6.08 Å². The summed E-state index contributed by atoms with van der Waals surface area (Å²) >= 11 is 0. The zero-order chi connectivity index (χ0) is 47.3. The summed E-state index contributed by atoms with van der Waals surface area (Å²) in [4.78, 5) is 23.5. The Labute approximate surface area is 387 Å². The molecule has 13 nitrogen and oxygen atoms in total. The van der Waals surface area contributed by atoms with Crippen molar-refractivity contribution in [1.29, 1.82) is 0 Å². The van der Waals surface area contributed by atoms with Gasteiger partial charge in [0.1, 0.15) is 36.6 Å². The molecule has 0 bridgehead atoms. The number of aliphatic hydroxyl groups is 7. The largest absolute Gasteiger partial charge is 0.472 e. The van der Waals surface area contributed by atoms with Gasteiger partial charge in [-0.1, -0.05) is 185 Å². The summed E-state index contributed by atoms with van der Waals surface area (Å²) in [7, 11) is -5.15. The number of allylic oxidation sites excluding steroid dienone is 5. The lowest BCUT2D eigenvalue weighted by Gasteiger charge is -2.41. The molecule has 1 rings (SSSR count). The summed E-state index contributed by atoms with van der Waals surface area (Å²) in [5, 5.41) is 74.6. The molecule has 0 radical (unpaired) electrons. The highest BCUT2D eigenvalue weighted by atomic mass is 31.2. The van der Waals surface area contributed by atoms with Gasteiger partial charge in [0.2, 0.25) is 5.91 Å². The number of rotatable bonds is 42. The van der Waals surface area contributed by atoms with Crippen LogP contribution in [0.4, 0.5) is 0 Å². The number of carbonyl (C=O) groups excluding carboxylic acids is 1. The van der Waals surface area contributed by atoms with E-state index in [4.69, 9.17) is 9.05 Å². The van der Waals surface area contributed by atoms with Crippen molar-refractivity contribution in [3.05, 3.63) is 36.5 Å². The zero-order valence-electron chi connectivity index (χ0n) is 39.9. The highest BCUT2D eigenvalue weighted by Crippen LogP contribution is 2.47. The topological polar surface area (TPSA) is 226 Å². The zero-order valence-corrected chi connectivity index (χ0v) is 40.8. The van der Waals surface area contributed by atoms with Gasteiger partial charge in [0.15, 0.2) is 0 Å². The molecule has 0 heterocycles. The second kappa shape index (κ2) is 39.5. The Morgan fingerprint density at radius 3 is 1.38 bits per heavy atom. The Morgan fingerprint density at radius 2 is 0.922 bits per heavy atom. The van der Waals surface area contributed by atoms with Crippen molar-refractivity contribution < 1.29 is 59.0 Å². The molecule has 0 aromatic carbocycles. The summed E-state index contributed by atoms with van der Waals surface area (Å²) in [6, 6.07) is -1.26. The van der Waals surface area contributed by atoms with E-state index >= 15 is 0 Å². The number of phosphoric acid groups is 1. The van der Waals surface area contributed by atoms with E-state index < -0.39 is 75.2 Å². The van der Waals surface area contributed by atoms with Crippen molar-refractivity contribution in [2.45, 2.75) is 268 Å². The quantitative estimate of drug-likeness (QED) is 0.0159. The Hall–Kier alpha value is -1.48. The molecule has 376 valence electrons. The Morgan fingerprint density at radius 1 is 0.547 bits per heavy atom. The summed E-state index contributed by atoms with van der Waals surface area (Å²) in [5.41, 5.74) is 0. The van der Waals surface area contributed by atoms with Crippen molar-refractivity contribution in [3.63, 3.8) is 0 Å². The van der Waals surface area contributed by atoms with Crippen molar-refractivity contribution in [2.75, 3.05) is 6.61 Å². The number of unbranched alkanes of at least 4 members (excludes halogenated alkanes) is 25. The number of phosphoric ester groups is 1. The van der Waals surface area contributed by atoms with Crippen LogP contribution in [-0.2, 0) is 18.4 Å². The molecule has 0 aromatic rings. The first-order chi connectivity index (χ1) is 30.8. The number of hydrogen-bond donors (Lipinski definition) is 9. The molecule has 8 unspecified atom stereocenters. The molecule has 1 aliphatic rings. The van der Waals surface area contributed by atoms with Crippen LogP contribution in [-0.4, -0.2) is 108 Å². The fraction of sp³-hybridized carbons (Fsp3) is 0.860. The van der Waals surface area contributed by atoms with E-state index in [0.717, 1.165) is 64.2 Å². The first-order valence-corrected chi connectivity index (χ1v) is 27.0. The Bertz CT molecular complexity index is 1240. The van der Waals surface area contributed by atoms with E-state index in [1.807, 2.05) is 0 Å². The molecule has 0 saturated heterocycles. The van der Waals surface area contributed by atoms with Crippen LogP contribution in [0.25, 0.3) is 0 Å². The fourth-order valence-corrected chi connectivity index (χ4v) is 8.98. The van der Waals surface area contributed by atoms with Gasteiger partial charge < -0.3 is 46.0 Å². The minimum atomic E-state index is -5.15. The molecule has 0 spiro atoms. The second-order valence-electron chi connectivity index (χ2n) is 18.2. The van der Waals surface area contributed by atoms with Crippen LogP contribution in [0.2, 0.25) is 0 Å². The van der Waals surface area contributed by atoms with Gasteiger partial charge in [0.05, 0.1) is 31.3 Å². The molecule has 0 aromatic heterocycles. The predicted octanol–water partition coefficient (Wildman–Crippen LogP) is 9.31. The number of hydrogen-bond acceptors (Lipinski definition) is 11. The molecule has 9 N–H and O–H groups in total. The maximum atomic E-state index is 13.0. The first kappa shape index (κ1) is 60.5. The van der Waals surface area contributed by atoms with E-state index in [9.17, 15) is 50.0 Å². The van der Waals surface area contributed by atoms with Gasteiger partial charge >= 0.3 is 7.82 Å². The molecule has 1 saturated carbocycles. The van der Waals surface area contributed by atoms with E-state index in [1.165, 1.54) is 122 Å². The molecule has 1 aliphatic carbocycles. The highest BCUT2D eigenvalue weighted by molar-refractivity contribution is 7.47. The lowest BCUT2D eigenvalue weighted by Crippen LogP contribution is -2.64. The molecule has 1 amide bonds. The third-order valence-corrected chi connectivity index (χ3v) is 13.2. The van der Waals surface area contributed by atoms with E-state index in [2.05, 4.69) is 43.5 Å². The molecule has 0 aliphatic heterocycles. The summed E-state index contributed by atoms with van der Waals surface area (Å²) in [5.74, 6) is -0.607. The molecular formula is C50H94NO12P. The van der Waals surface area contributed by atoms with E-state index in [0.29, 0.717) is 12.8 Å². The third-order valence-electron chi connectivity index (χ3n) is 12.2. The predicted molar refractivity (Wildman–Crippen MR) is 257 cm³/mol. The van der Waals surface area contributed by atoms with Gasteiger partial charge in [-0.3, -0.25) is 13.8 Å². The van der Waals surface area contributed by atoms with Crippen LogP contribution in [0, 0.1) is 0 Å². The lowest BCUT2D eigenvalue weighted by atomic mass is 9.85. The van der Waals surface area contributed by atoms with Crippen LogP contribution >= 0.6 is 7.82 Å². The smallest absolute Gasteiger partial charge is 0.393 e. The summed E-state index contributed by atoms with van der Waals surface area (Å²) < 4.78 is 22.9. The molecular weight excluding hydrogens is 838 g/mol. The monoisotopic (exact) mass is 932 g/mol. The average molecular weight is 932 g/mol. The molecule has 1 fully saturated rings. The van der Waals surface area contributed by atoms with Crippen molar-refractivity contribution in [2.24, 2.45) is 0 Å². The van der Waals surface area contributed by atoms with Crippen molar-refractivity contribution in [3.8, 4) is 0 Å². The first-order valence-electron chi connectivity index (χ1n) is 25.5. The third kappa shape index (κ3) is 30.7. The maximum Gasteiger partial charge on any atom is 0.472 e. The van der Waals surface area contributed by atoms with E-state index in [-0.39, 0.29) is 6.42 Å². The Kier molecular flexibility index (Phi) is 37.4. The Balaban J connectivity index is 2.53. The van der Waals surface area contributed by atoms with Gasteiger partial charge in [0, 0.05) is 0 Å². The van der Waals surface area contributed by atoms with Gasteiger partial charge in [-0.25, -0.2) is 4.57 Å². The van der Waals surface area contributed by atoms with Crippen LogP contribution < -0.4 is 5.32 Å². The van der Waals surface area contributed by atoms with Gasteiger partial charge in [-0.15, -0.1) is 0 Å². The number of amides is 1. The van der Waals surface area contributed by atoms with Crippen LogP contribution in [0.3, 0.4) is 0 Å². The van der Waals surface area contributed by atoms with Crippen molar-refractivity contribution >= 4 is 13.7 Å². The minimum absolute atomic E-state index is 0.258. The SMILES string of the molecule is CCCCCCCCCC/C=C\CCCCCCCC(O)CC(=O)NC(COP(=O)(O)OC1C(O)C(O)C(O)C(O)C1O)C(O)/C=C/CC/C=C/CCCCCCCCCCCCC. The summed E-state index contributed by atoms with van der Waals surface area (Å²) in [6.45, 7) is 3.74. The van der Waals surface area contributed by atoms with Crippen LogP contribution in [0.5, 0.6) is 0 Å². The van der Waals surface area contributed by atoms with Crippen LogP contribution in [0.1, 0.15) is 213 Å². The average Bonchev–Trinajstić information content (AvgIpc) is 3.27. The second-order valence-corrected chi connectivity index (χ2v) is 19.6. The minimum Gasteiger partial charge on any atom is -0.393 e. The number of nitrogens with one attached hydrogen (secondary N) is 1. The van der Waals surface area contributed by atoms with Crippen molar-refractivity contribution in [1.82, 2.24) is 5.32 Å². The van der Waals surface area contributed by atoms with Gasteiger partial charge in [0.25, 0.3) is 0 Å². The highest BCUT2D eigenvalue weighted by Gasteiger charge is 2.51. The standard InChI is InChI=1S/C50H94NO12P/c1-3-5-7-9-11-13-15-17-19-21-23-25-27-29-31-33-35-37-41(52)39-44(54)51-42(40-62-64(60,61)63-50-48(58)46(56)45(55)47(57)49(50)59)43(53)38-36-34-32-30-28-26-24-22-20-18-16-14-12-10-8-6-4-2/h21,23,28,30,36,38,41-43,45-50,52-53,55-59H,3-20,22,24-27,29,31-35,37,39-40H2,1-2H3,(H,51,54)(H,60,61)/b23-21-,30-28+,38-36+.